The molecule has 130 valence electrons. The second-order valence-corrected chi connectivity index (χ2v) is 6.28. The molecule has 0 atom stereocenters. The molecule has 0 saturated heterocycles. The summed E-state index contributed by atoms with van der Waals surface area (Å²) < 4.78 is 13.6. The Kier molecular flexibility index (Phi) is 5.12. The van der Waals surface area contributed by atoms with Gasteiger partial charge >= 0.3 is 0 Å². The van der Waals surface area contributed by atoms with Crippen LogP contribution in [0.4, 0.5) is 10.1 Å². The number of nitrogens with one attached hydrogen (secondary N) is 1. The SMILES string of the molecule is CN1C(=O)CCc2cc(CNC(=O)CCc3ccccc3F)ccc21. The van der Waals surface area contributed by atoms with Gasteiger partial charge in [-0.1, -0.05) is 30.3 Å². The second-order valence-electron chi connectivity index (χ2n) is 6.28. The summed E-state index contributed by atoms with van der Waals surface area (Å²) in [6.45, 7) is 0.432. The van der Waals surface area contributed by atoms with Gasteiger partial charge in [-0.25, -0.2) is 4.39 Å². The summed E-state index contributed by atoms with van der Waals surface area (Å²) in [5.41, 5.74) is 3.62. The lowest BCUT2D eigenvalue weighted by molar-refractivity contribution is -0.121. The number of hydrogen-bond acceptors (Lipinski definition) is 2. The van der Waals surface area contributed by atoms with Gasteiger partial charge in [-0.15, -0.1) is 0 Å². The van der Waals surface area contributed by atoms with Gasteiger partial charge in [-0.2, -0.15) is 0 Å². The highest BCUT2D eigenvalue weighted by Gasteiger charge is 2.20. The summed E-state index contributed by atoms with van der Waals surface area (Å²) >= 11 is 0. The molecule has 2 aromatic carbocycles. The summed E-state index contributed by atoms with van der Waals surface area (Å²) in [5, 5.41) is 2.87. The van der Waals surface area contributed by atoms with Gasteiger partial charge in [0.15, 0.2) is 0 Å². The van der Waals surface area contributed by atoms with E-state index in [1.165, 1.54) is 6.07 Å². The van der Waals surface area contributed by atoms with Crippen LogP contribution in [0.3, 0.4) is 0 Å². The molecule has 3 rings (SSSR count). The number of carbonyl (C=O) groups excluding carboxylic acids is 2. The molecule has 4 nitrogen and oxygen atoms in total. The number of amides is 2. The average Bonchev–Trinajstić information content (AvgIpc) is 2.62. The van der Waals surface area contributed by atoms with Crippen molar-refractivity contribution in [1.82, 2.24) is 5.32 Å². The first-order valence-corrected chi connectivity index (χ1v) is 8.43. The third-order valence-corrected chi connectivity index (χ3v) is 4.56. The fourth-order valence-electron chi connectivity index (χ4n) is 3.06. The van der Waals surface area contributed by atoms with Crippen LogP contribution in [0.1, 0.15) is 29.5 Å². The summed E-state index contributed by atoms with van der Waals surface area (Å²) in [7, 11) is 1.78. The van der Waals surface area contributed by atoms with E-state index in [2.05, 4.69) is 5.32 Å². The van der Waals surface area contributed by atoms with E-state index < -0.39 is 0 Å². The van der Waals surface area contributed by atoms with Gasteiger partial charge in [0.25, 0.3) is 0 Å². The Labute approximate surface area is 146 Å². The van der Waals surface area contributed by atoms with Crippen LogP contribution in [0.15, 0.2) is 42.5 Å². The Morgan fingerprint density at radius 1 is 1.20 bits per heavy atom. The molecule has 0 spiro atoms. The number of anilines is 1. The van der Waals surface area contributed by atoms with Crippen molar-refractivity contribution in [3.63, 3.8) is 0 Å². The molecule has 0 radical (unpaired) electrons. The van der Waals surface area contributed by atoms with Crippen LogP contribution >= 0.6 is 0 Å². The monoisotopic (exact) mass is 340 g/mol. The number of nitrogens with zero attached hydrogens (tertiary/aromatic N) is 1. The van der Waals surface area contributed by atoms with E-state index in [1.54, 1.807) is 30.1 Å². The molecule has 0 aliphatic carbocycles. The molecule has 1 N–H and O–H groups in total. The predicted molar refractivity (Wildman–Crippen MR) is 94.7 cm³/mol. The number of carbonyl (C=O) groups is 2. The highest BCUT2D eigenvalue weighted by molar-refractivity contribution is 5.95. The molecular weight excluding hydrogens is 319 g/mol. The highest BCUT2D eigenvalue weighted by atomic mass is 19.1. The first-order chi connectivity index (χ1) is 12.0. The predicted octanol–water partition coefficient (Wildman–Crippen LogP) is 2.98. The van der Waals surface area contributed by atoms with Crippen LogP contribution in [-0.4, -0.2) is 18.9 Å². The average molecular weight is 340 g/mol. The molecule has 2 aromatic rings. The number of benzene rings is 2. The van der Waals surface area contributed by atoms with E-state index in [0.717, 1.165) is 23.2 Å². The summed E-state index contributed by atoms with van der Waals surface area (Å²) in [6.07, 6.45) is 1.88. The molecule has 25 heavy (non-hydrogen) atoms. The van der Waals surface area contributed by atoms with Crippen LogP contribution in [0.25, 0.3) is 0 Å². The molecule has 0 saturated carbocycles. The van der Waals surface area contributed by atoms with E-state index >= 15 is 0 Å². The standard InChI is InChI=1S/C20H21FN2O2/c1-23-18-9-6-14(12-16(18)8-11-20(23)25)13-22-19(24)10-7-15-4-2-3-5-17(15)21/h2-6,9,12H,7-8,10-11,13H2,1H3,(H,22,24). The molecule has 1 heterocycles. The second kappa shape index (κ2) is 7.47. The maximum Gasteiger partial charge on any atom is 0.227 e. The van der Waals surface area contributed by atoms with Gasteiger partial charge in [-0.3, -0.25) is 9.59 Å². The van der Waals surface area contributed by atoms with Gasteiger partial charge < -0.3 is 10.2 Å². The van der Waals surface area contributed by atoms with Crippen LogP contribution in [0.2, 0.25) is 0 Å². The maximum absolute atomic E-state index is 13.6. The normalized spacial score (nSPS) is 13.5. The molecule has 1 aliphatic rings. The van der Waals surface area contributed by atoms with E-state index in [9.17, 15) is 14.0 Å². The zero-order valence-corrected chi connectivity index (χ0v) is 14.2. The van der Waals surface area contributed by atoms with Gasteiger partial charge in [0, 0.05) is 32.1 Å². The molecule has 0 fully saturated rings. The van der Waals surface area contributed by atoms with Crippen LogP contribution in [0, 0.1) is 5.82 Å². The summed E-state index contributed by atoms with van der Waals surface area (Å²) in [5.74, 6) is -0.251. The largest absolute Gasteiger partial charge is 0.352 e. The van der Waals surface area contributed by atoms with E-state index in [1.807, 2.05) is 18.2 Å². The fraction of sp³-hybridized carbons (Fsp3) is 0.300. The van der Waals surface area contributed by atoms with Crippen molar-refractivity contribution in [3.05, 3.63) is 65.0 Å². The fourth-order valence-corrected chi connectivity index (χ4v) is 3.06. The Morgan fingerprint density at radius 3 is 2.80 bits per heavy atom. The number of rotatable bonds is 5. The minimum atomic E-state index is -0.274. The van der Waals surface area contributed by atoms with Gasteiger partial charge in [0.1, 0.15) is 5.82 Å². The van der Waals surface area contributed by atoms with Crippen molar-refractivity contribution in [3.8, 4) is 0 Å². The van der Waals surface area contributed by atoms with Gasteiger partial charge in [0.05, 0.1) is 0 Å². The number of hydrogen-bond donors (Lipinski definition) is 1. The summed E-state index contributed by atoms with van der Waals surface area (Å²) in [4.78, 5) is 25.4. The van der Waals surface area contributed by atoms with Crippen molar-refractivity contribution in [2.75, 3.05) is 11.9 Å². The number of aryl methyl sites for hydroxylation is 2. The van der Waals surface area contributed by atoms with E-state index in [-0.39, 0.29) is 24.1 Å². The van der Waals surface area contributed by atoms with Gasteiger partial charge in [0.2, 0.25) is 11.8 Å². The van der Waals surface area contributed by atoms with Crippen molar-refractivity contribution >= 4 is 17.5 Å². The lowest BCUT2D eigenvalue weighted by atomic mass is 9.99. The van der Waals surface area contributed by atoms with E-state index in [4.69, 9.17) is 0 Å². The lowest BCUT2D eigenvalue weighted by Gasteiger charge is -2.26. The van der Waals surface area contributed by atoms with E-state index in [0.29, 0.717) is 24.9 Å². The number of halogens is 1. The maximum atomic E-state index is 13.6. The molecule has 5 heteroatoms. The molecule has 0 bridgehead atoms. The lowest BCUT2D eigenvalue weighted by Crippen LogP contribution is -2.31. The van der Waals surface area contributed by atoms with Gasteiger partial charge in [-0.05, 0) is 41.7 Å². The molecular formula is C20H21FN2O2. The van der Waals surface area contributed by atoms with Crippen molar-refractivity contribution in [2.24, 2.45) is 0 Å². The van der Waals surface area contributed by atoms with Crippen molar-refractivity contribution < 1.29 is 14.0 Å². The Morgan fingerprint density at radius 2 is 2.00 bits per heavy atom. The van der Waals surface area contributed by atoms with Crippen LogP contribution in [0.5, 0.6) is 0 Å². The topological polar surface area (TPSA) is 49.4 Å². The van der Waals surface area contributed by atoms with Crippen molar-refractivity contribution in [2.45, 2.75) is 32.2 Å². The minimum absolute atomic E-state index is 0.103. The molecule has 0 unspecified atom stereocenters. The quantitative estimate of drug-likeness (QED) is 0.910. The number of fused-ring (bicyclic) bond motifs is 1. The Hall–Kier alpha value is -2.69. The highest BCUT2D eigenvalue weighted by Crippen LogP contribution is 2.27. The Bertz CT molecular complexity index is 804. The zero-order chi connectivity index (χ0) is 17.8. The molecule has 2 amide bonds. The molecule has 1 aliphatic heterocycles. The van der Waals surface area contributed by atoms with Crippen LogP contribution in [-0.2, 0) is 29.0 Å². The summed E-state index contributed by atoms with van der Waals surface area (Å²) in [6, 6.07) is 12.4. The third kappa shape index (κ3) is 4.05. The van der Waals surface area contributed by atoms with Crippen molar-refractivity contribution in [1.29, 1.82) is 0 Å². The smallest absolute Gasteiger partial charge is 0.227 e. The Balaban J connectivity index is 1.54. The first kappa shape index (κ1) is 17.1. The zero-order valence-electron chi connectivity index (χ0n) is 14.2. The minimum Gasteiger partial charge on any atom is -0.352 e. The van der Waals surface area contributed by atoms with Crippen LogP contribution < -0.4 is 10.2 Å². The third-order valence-electron chi connectivity index (χ3n) is 4.56. The molecule has 0 aromatic heterocycles. The first-order valence-electron chi connectivity index (χ1n) is 8.43.